The first-order valence-corrected chi connectivity index (χ1v) is 14.8. The van der Waals surface area contributed by atoms with E-state index in [0.29, 0.717) is 24.1 Å². The molecule has 3 N–H and O–H groups in total. The quantitative estimate of drug-likeness (QED) is 0.472. The number of likely N-dealkylation sites (N-methyl/N-ethyl adjacent to an activating group) is 1. The number of hydrogen-bond donors (Lipinski definition) is 3. The van der Waals surface area contributed by atoms with Gasteiger partial charge >= 0.3 is 6.03 Å². The highest BCUT2D eigenvalue weighted by Crippen LogP contribution is 2.34. The summed E-state index contributed by atoms with van der Waals surface area (Å²) in [7, 11) is -2.47. The third kappa shape index (κ3) is 6.75. The van der Waals surface area contributed by atoms with E-state index in [0.717, 1.165) is 12.8 Å². The van der Waals surface area contributed by atoms with Gasteiger partial charge in [0.05, 0.1) is 13.2 Å². The number of carbonyl (C=O) groups excluding carboxylic acids is 1. The highest BCUT2D eigenvalue weighted by molar-refractivity contribution is 7.89. The number of nitrogens with zero attached hydrogens (tertiary/aromatic N) is 2. The Hall–Kier alpha value is -3.17. The summed E-state index contributed by atoms with van der Waals surface area (Å²) < 4.78 is 48.5. The number of aliphatic hydroxyl groups is 2. The molecule has 11 heteroatoms. The van der Waals surface area contributed by atoms with Gasteiger partial charge in [-0.1, -0.05) is 24.8 Å². The molecule has 40 heavy (non-hydrogen) atoms. The number of urea groups is 1. The van der Waals surface area contributed by atoms with Crippen molar-refractivity contribution in [2.75, 3.05) is 32.1 Å². The molecule has 1 aliphatic carbocycles. The number of sulfonamides is 1. The lowest BCUT2D eigenvalue weighted by atomic mass is 10.0. The largest absolute Gasteiger partial charge is 0.487 e. The van der Waals surface area contributed by atoms with Gasteiger partial charge in [0.15, 0.2) is 0 Å². The van der Waals surface area contributed by atoms with E-state index < -0.39 is 39.6 Å². The zero-order chi connectivity index (χ0) is 29.1. The lowest BCUT2D eigenvalue weighted by molar-refractivity contribution is 0.0830. The van der Waals surface area contributed by atoms with Crippen LogP contribution in [0.15, 0.2) is 47.4 Å². The van der Waals surface area contributed by atoms with Gasteiger partial charge < -0.3 is 25.2 Å². The van der Waals surface area contributed by atoms with Gasteiger partial charge in [-0.15, -0.1) is 0 Å². The third-order valence-electron chi connectivity index (χ3n) is 7.41. The first-order valence-electron chi connectivity index (χ1n) is 13.4. The Kier molecular flexibility index (Phi) is 9.05. The number of ether oxygens (including phenoxy) is 1. The topological polar surface area (TPSA) is 119 Å². The minimum atomic E-state index is -4.04. The van der Waals surface area contributed by atoms with Gasteiger partial charge in [-0.2, -0.15) is 4.31 Å². The summed E-state index contributed by atoms with van der Waals surface area (Å²) in [5, 5.41) is 23.1. The van der Waals surface area contributed by atoms with E-state index in [4.69, 9.17) is 4.74 Å². The molecule has 9 nitrogen and oxygen atoms in total. The Labute approximate surface area is 235 Å². The predicted octanol–water partition coefficient (Wildman–Crippen LogP) is 3.41. The number of anilines is 1. The summed E-state index contributed by atoms with van der Waals surface area (Å²) in [6.45, 7) is 3.23. The summed E-state index contributed by atoms with van der Waals surface area (Å²) >= 11 is 0. The summed E-state index contributed by atoms with van der Waals surface area (Å²) in [5.41, 5.74) is -0.269. The number of rotatable bonds is 5. The smallest absolute Gasteiger partial charge is 0.321 e. The molecule has 1 heterocycles. The summed E-state index contributed by atoms with van der Waals surface area (Å²) in [6, 6.07) is 8.92. The molecule has 2 amide bonds. The van der Waals surface area contributed by atoms with E-state index in [2.05, 4.69) is 17.2 Å². The molecule has 1 saturated carbocycles. The second kappa shape index (κ2) is 12.1. The molecule has 0 bridgehead atoms. The fourth-order valence-electron chi connectivity index (χ4n) is 4.93. The van der Waals surface area contributed by atoms with Crippen LogP contribution in [-0.2, 0) is 10.0 Å². The molecule has 4 rings (SSSR count). The lowest BCUT2D eigenvalue weighted by Crippen LogP contribution is -2.50. The van der Waals surface area contributed by atoms with Gasteiger partial charge in [0, 0.05) is 36.8 Å². The molecule has 2 aliphatic rings. The van der Waals surface area contributed by atoms with Crippen LogP contribution in [0.25, 0.3) is 0 Å². The van der Waals surface area contributed by atoms with Gasteiger partial charge in [-0.05, 0) is 69.0 Å². The van der Waals surface area contributed by atoms with Crippen LogP contribution in [0.4, 0.5) is 14.9 Å². The molecule has 216 valence electrons. The average Bonchev–Trinajstić information content (AvgIpc) is 3.35. The number of halogens is 1. The zero-order valence-corrected chi connectivity index (χ0v) is 23.7. The van der Waals surface area contributed by atoms with E-state index in [1.54, 1.807) is 26.1 Å². The molecule has 0 radical (unpaired) electrons. The van der Waals surface area contributed by atoms with Crippen LogP contribution >= 0.6 is 0 Å². The van der Waals surface area contributed by atoms with Crippen molar-refractivity contribution in [1.29, 1.82) is 0 Å². The number of fused-ring (bicyclic) bond motifs is 1. The van der Waals surface area contributed by atoms with E-state index in [1.165, 1.54) is 39.5 Å². The van der Waals surface area contributed by atoms with Crippen LogP contribution in [0.5, 0.6) is 5.75 Å². The van der Waals surface area contributed by atoms with Gasteiger partial charge in [0.1, 0.15) is 28.2 Å². The van der Waals surface area contributed by atoms with Crippen LogP contribution < -0.4 is 10.1 Å². The van der Waals surface area contributed by atoms with E-state index >= 15 is 0 Å². The molecule has 0 spiro atoms. The maximum atomic E-state index is 13.7. The summed E-state index contributed by atoms with van der Waals surface area (Å²) in [4.78, 5) is 14.2. The Morgan fingerprint density at radius 1 is 1.27 bits per heavy atom. The fourth-order valence-corrected chi connectivity index (χ4v) is 6.76. The standard InChI is InChI=1S/C29H36FN3O6S/c1-20-17-33(21(2)19-34)40(37,38)27-10-9-22(11-14-29(36)12-4-5-13-29)15-25(27)39-26(20)18-32(3)28(35)31-24-8-6-7-23(30)16-24/h6-10,15-16,20-21,26,34,36H,4-5,12-13,17-19H2,1-3H3,(H,31,35)/t20-,21+,26+/m1/s1. The van der Waals surface area contributed by atoms with Crippen LogP contribution in [0.3, 0.4) is 0 Å². The van der Waals surface area contributed by atoms with E-state index in [-0.39, 0.29) is 36.3 Å². The van der Waals surface area contributed by atoms with Crippen LogP contribution in [0.2, 0.25) is 0 Å². The molecule has 0 aromatic heterocycles. The number of amides is 2. The Morgan fingerprint density at radius 2 is 2.00 bits per heavy atom. The van der Waals surface area contributed by atoms with Crippen molar-refractivity contribution in [3.8, 4) is 17.6 Å². The number of nitrogens with one attached hydrogen (secondary N) is 1. The normalized spacial score (nSPS) is 22.4. The van der Waals surface area contributed by atoms with Crippen LogP contribution in [0, 0.1) is 23.6 Å². The average molecular weight is 574 g/mol. The highest BCUT2D eigenvalue weighted by Gasteiger charge is 2.38. The third-order valence-corrected chi connectivity index (χ3v) is 9.43. The molecule has 0 unspecified atom stereocenters. The van der Waals surface area contributed by atoms with Crippen molar-refractivity contribution in [2.45, 2.75) is 62.2 Å². The monoisotopic (exact) mass is 573 g/mol. The Morgan fingerprint density at radius 3 is 2.67 bits per heavy atom. The van der Waals surface area contributed by atoms with E-state index in [1.807, 2.05) is 6.92 Å². The minimum absolute atomic E-state index is 0.0577. The van der Waals surface area contributed by atoms with Crippen molar-refractivity contribution in [3.05, 3.63) is 53.8 Å². The number of carbonyl (C=O) groups is 1. The maximum Gasteiger partial charge on any atom is 0.321 e. The lowest BCUT2D eigenvalue weighted by Gasteiger charge is -2.37. The second-order valence-electron chi connectivity index (χ2n) is 10.7. The Bertz CT molecular complexity index is 1400. The van der Waals surface area contributed by atoms with Gasteiger partial charge in [0.2, 0.25) is 10.0 Å². The Balaban J connectivity index is 1.65. The highest BCUT2D eigenvalue weighted by atomic mass is 32.2. The molecule has 0 saturated heterocycles. The second-order valence-corrected chi connectivity index (χ2v) is 12.6. The number of hydrogen-bond acceptors (Lipinski definition) is 6. The van der Waals surface area contributed by atoms with Crippen molar-refractivity contribution < 1.29 is 32.6 Å². The molecular formula is C29H36FN3O6S. The minimum Gasteiger partial charge on any atom is -0.487 e. The van der Waals surface area contributed by atoms with Crippen LogP contribution in [0.1, 0.15) is 45.1 Å². The predicted molar refractivity (Wildman–Crippen MR) is 149 cm³/mol. The molecule has 1 fully saturated rings. The number of benzene rings is 2. The van der Waals surface area contributed by atoms with Gasteiger partial charge in [0.25, 0.3) is 0 Å². The van der Waals surface area contributed by atoms with Crippen LogP contribution in [-0.4, -0.2) is 78.4 Å². The maximum absolute atomic E-state index is 13.7. The first kappa shape index (κ1) is 29.8. The van der Waals surface area contributed by atoms with Crippen molar-refractivity contribution in [3.63, 3.8) is 0 Å². The molecule has 1 aliphatic heterocycles. The number of aliphatic hydroxyl groups excluding tert-OH is 1. The van der Waals surface area contributed by atoms with Crippen molar-refractivity contribution in [2.24, 2.45) is 5.92 Å². The molecular weight excluding hydrogens is 537 g/mol. The van der Waals surface area contributed by atoms with E-state index in [9.17, 15) is 27.8 Å². The zero-order valence-electron chi connectivity index (χ0n) is 22.9. The summed E-state index contributed by atoms with van der Waals surface area (Å²) in [5.74, 6) is 5.12. The van der Waals surface area contributed by atoms with Crippen molar-refractivity contribution >= 4 is 21.7 Å². The first-order chi connectivity index (χ1) is 18.9. The molecule has 2 aromatic carbocycles. The molecule has 2 aromatic rings. The molecule has 3 atom stereocenters. The fraction of sp³-hybridized carbons (Fsp3) is 0.483. The van der Waals surface area contributed by atoms with Gasteiger partial charge in [-0.3, -0.25) is 0 Å². The summed E-state index contributed by atoms with van der Waals surface area (Å²) in [6.07, 6.45) is 2.35. The van der Waals surface area contributed by atoms with Gasteiger partial charge in [-0.25, -0.2) is 17.6 Å². The SMILES string of the molecule is C[C@@H]1CN([C@@H](C)CO)S(=O)(=O)c2ccc(C#CC3(O)CCCC3)cc2O[C@H]1CN(C)C(=O)Nc1cccc(F)c1. The van der Waals surface area contributed by atoms with Crippen molar-refractivity contribution in [1.82, 2.24) is 9.21 Å².